The van der Waals surface area contributed by atoms with Crippen molar-refractivity contribution in [2.24, 2.45) is 0 Å². The van der Waals surface area contributed by atoms with Gasteiger partial charge in [-0.3, -0.25) is 0 Å². The first-order valence-electron chi connectivity index (χ1n) is 3.96. The summed E-state index contributed by atoms with van der Waals surface area (Å²) in [5.41, 5.74) is 0. The summed E-state index contributed by atoms with van der Waals surface area (Å²) in [5, 5.41) is 11.0. The zero-order valence-corrected chi connectivity index (χ0v) is 7.60. The van der Waals surface area contributed by atoms with Gasteiger partial charge >= 0.3 is 0 Å². The predicted molar refractivity (Wildman–Crippen MR) is 45.3 cm³/mol. The lowest BCUT2D eigenvalue weighted by Gasteiger charge is -2.21. The topological polar surface area (TPSA) is 70.0 Å². The van der Waals surface area contributed by atoms with Gasteiger partial charge in [-0.05, 0) is 19.4 Å². The Morgan fingerprint density at radius 2 is 2.33 bits per heavy atom. The molecule has 0 spiro atoms. The molecular weight excluding hydrogens is 176 g/mol. The van der Waals surface area contributed by atoms with Gasteiger partial charge in [0.2, 0.25) is 0 Å². The third kappa shape index (κ3) is 2.19. The second-order valence-electron chi connectivity index (χ2n) is 2.93. The molecule has 1 aliphatic rings. The molecule has 5 heteroatoms. The van der Waals surface area contributed by atoms with Gasteiger partial charge in [0, 0.05) is 6.54 Å². The SMILES string of the molecule is N#CCS(=O)(=O)C1CCCNC1. The van der Waals surface area contributed by atoms with Crippen molar-refractivity contribution in [2.75, 3.05) is 18.8 Å². The first kappa shape index (κ1) is 9.49. The maximum Gasteiger partial charge on any atom is 0.167 e. The number of nitrogens with zero attached hydrogens (tertiary/aromatic N) is 1. The van der Waals surface area contributed by atoms with E-state index in [4.69, 9.17) is 5.26 Å². The van der Waals surface area contributed by atoms with Crippen LogP contribution in [0.25, 0.3) is 0 Å². The number of rotatable bonds is 2. The van der Waals surface area contributed by atoms with Crippen LogP contribution in [0.2, 0.25) is 0 Å². The largest absolute Gasteiger partial charge is 0.315 e. The Morgan fingerprint density at radius 1 is 1.58 bits per heavy atom. The van der Waals surface area contributed by atoms with E-state index in [0.717, 1.165) is 13.0 Å². The number of piperidine rings is 1. The number of sulfone groups is 1. The molecule has 0 bridgehead atoms. The van der Waals surface area contributed by atoms with E-state index >= 15 is 0 Å². The Balaban J connectivity index is 2.62. The Morgan fingerprint density at radius 3 is 2.83 bits per heavy atom. The molecule has 0 aromatic heterocycles. The van der Waals surface area contributed by atoms with Crippen LogP contribution < -0.4 is 5.32 Å². The van der Waals surface area contributed by atoms with E-state index in [-0.39, 0.29) is 11.0 Å². The third-order valence-corrected chi connectivity index (χ3v) is 3.97. The van der Waals surface area contributed by atoms with Gasteiger partial charge in [-0.1, -0.05) is 0 Å². The van der Waals surface area contributed by atoms with E-state index in [1.54, 1.807) is 6.07 Å². The number of nitriles is 1. The van der Waals surface area contributed by atoms with E-state index in [0.29, 0.717) is 13.0 Å². The minimum absolute atomic E-state index is 0.342. The molecule has 4 nitrogen and oxygen atoms in total. The van der Waals surface area contributed by atoms with E-state index < -0.39 is 9.84 Å². The van der Waals surface area contributed by atoms with Gasteiger partial charge < -0.3 is 5.32 Å². The maximum absolute atomic E-state index is 11.3. The van der Waals surface area contributed by atoms with Crippen LogP contribution in [0.3, 0.4) is 0 Å². The fourth-order valence-corrected chi connectivity index (χ4v) is 2.65. The molecule has 1 N–H and O–H groups in total. The minimum atomic E-state index is -3.16. The Kier molecular flexibility index (Phi) is 3.06. The summed E-state index contributed by atoms with van der Waals surface area (Å²) < 4.78 is 22.6. The predicted octanol–water partition coefficient (Wildman–Crippen LogP) is -0.323. The lowest BCUT2D eigenvalue weighted by atomic mass is 10.2. The molecule has 68 valence electrons. The Hall–Kier alpha value is -0.600. The van der Waals surface area contributed by atoms with Gasteiger partial charge in [0.15, 0.2) is 9.84 Å². The second-order valence-corrected chi connectivity index (χ2v) is 5.21. The van der Waals surface area contributed by atoms with E-state index in [1.807, 2.05) is 0 Å². The number of nitrogens with one attached hydrogen (secondary N) is 1. The van der Waals surface area contributed by atoms with E-state index in [2.05, 4.69) is 5.32 Å². The summed E-state index contributed by atoms with van der Waals surface area (Å²) in [5.74, 6) is -0.348. The molecule has 12 heavy (non-hydrogen) atoms. The molecular formula is C7H12N2O2S. The average molecular weight is 188 g/mol. The van der Waals surface area contributed by atoms with Crippen LogP contribution in [0, 0.1) is 11.3 Å². The molecule has 1 rings (SSSR count). The van der Waals surface area contributed by atoms with Gasteiger partial charge in [0.1, 0.15) is 5.75 Å². The minimum Gasteiger partial charge on any atom is -0.315 e. The zero-order valence-electron chi connectivity index (χ0n) is 6.78. The summed E-state index contributed by atoms with van der Waals surface area (Å²) in [6.45, 7) is 1.39. The highest BCUT2D eigenvalue weighted by molar-refractivity contribution is 7.92. The molecule has 0 aliphatic carbocycles. The molecule has 1 aliphatic heterocycles. The molecule has 1 fully saturated rings. The molecule has 1 unspecified atom stereocenters. The lowest BCUT2D eigenvalue weighted by Crippen LogP contribution is -2.39. The zero-order chi connectivity index (χ0) is 9.03. The van der Waals surface area contributed by atoms with Crippen molar-refractivity contribution in [3.05, 3.63) is 0 Å². The second kappa shape index (κ2) is 3.87. The molecule has 0 saturated carbocycles. The normalized spacial score (nSPS) is 24.8. The monoisotopic (exact) mass is 188 g/mol. The average Bonchev–Trinajstić information content (AvgIpc) is 2.06. The van der Waals surface area contributed by atoms with Crippen LogP contribution in [0.1, 0.15) is 12.8 Å². The fourth-order valence-electron chi connectivity index (χ4n) is 1.33. The van der Waals surface area contributed by atoms with Crippen LogP contribution in [0.15, 0.2) is 0 Å². The molecule has 0 aromatic rings. The first-order valence-corrected chi connectivity index (χ1v) is 5.67. The highest BCUT2D eigenvalue weighted by Gasteiger charge is 2.26. The highest BCUT2D eigenvalue weighted by atomic mass is 32.2. The number of hydrogen-bond acceptors (Lipinski definition) is 4. The van der Waals surface area contributed by atoms with Crippen LogP contribution >= 0.6 is 0 Å². The molecule has 1 atom stereocenters. The molecule has 1 saturated heterocycles. The third-order valence-electron chi connectivity index (χ3n) is 2.03. The van der Waals surface area contributed by atoms with Gasteiger partial charge in [0.25, 0.3) is 0 Å². The van der Waals surface area contributed by atoms with E-state index in [9.17, 15) is 8.42 Å². The molecule has 0 amide bonds. The maximum atomic E-state index is 11.3. The summed E-state index contributed by atoms with van der Waals surface area (Å²) in [4.78, 5) is 0. The molecule has 0 radical (unpaired) electrons. The molecule has 1 heterocycles. The Bertz CT molecular complexity index is 272. The fraction of sp³-hybridized carbons (Fsp3) is 0.857. The quantitative estimate of drug-likeness (QED) is 0.644. The van der Waals surface area contributed by atoms with Crippen LogP contribution in [-0.4, -0.2) is 32.5 Å². The summed E-state index contributed by atoms with van der Waals surface area (Å²) in [6.07, 6.45) is 1.58. The van der Waals surface area contributed by atoms with Crippen LogP contribution in [-0.2, 0) is 9.84 Å². The van der Waals surface area contributed by atoms with Crippen molar-refractivity contribution in [1.82, 2.24) is 5.32 Å². The van der Waals surface area contributed by atoms with Crippen molar-refractivity contribution < 1.29 is 8.42 Å². The smallest absolute Gasteiger partial charge is 0.167 e. The van der Waals surface area contributed by atoms with Crippen LogP contribution in [0.4, 0.5) is 0 Å². The van der Waals surface area contributed by atoms with Crippen molar-refractivity contribution in [3.8, 4) is 6.07 Å². The van der Waals surface area contributed by atoms with Crippen molar-refractivity contribution >= 4 is 9.84 Å². The summed E-state index contributed by atoms with van der Waals surface area (Å²) in [7, 11) is -3.16. The van der Waals surface area contributed by atoms with Gasteiger partial charge in [-0.15, -0.1) is 0 Å². The summed E-state index contributed by atoms with van der Waals surface area (Å²) >= 11 is 0. The van der Waals surface area contributed by atoms with E-state index in [1.165, 1.54) is 0 Å². The first-order chi connectivity index (χ1) is 5.67. The highest BCUT2D eigenvalue weighted by Crippen LogP contribution is 2.11. The molecule has 0 aromatic carbocycles. The van der Waals surface area contributed by atoms with Gasteiger partial charge in [0.05, 0.1) is 11.3 Å². The van der Waals surface area contributed by atoms with Crippen LogP contribution in [0.5, 0.6) is 0 Å². The Labute approximate surface area is 72.5 Å². The van der Waals surface area contributed by atoms with Crippen molar-refractivity contribution in [2.45, 2.75) is 18.1 Å². The van der Waals surface area contributed by atoms with Crippen molar-refractivity contribution in [3.63, 3.8) is 0 Å². The lowest BCUT2D eigenvalue weighted by molar-refractivity contribution is 0.498. The van der Waals surface area contributed by atoms with Gasteiger partial charge in [-0.2, -0.15) is 5.26 Å². The standard InChI is InChI=1S/C7H12N2O2S/c8-3-5-12(10,11)7-2-1-4-9-6-7/h7,9H,1-2,4-6H2. The van der Waals surface area contributed by atoms with Gasteiger partial charge in [-0.25, -0.2) is 8.42 Å². The number of hydrogen-bond donors (Lipinski definition) is 1. The summed E-state index contributed by atoms with van der Waals surface area (Å²) in [6, 6.07) is 1.69. The van der Waals surface area contributed by atoms with Crippen molar-refractivity contribution in [1.29, 1.82) is 5.26 Å².